The number of ether oxygens (including phenoxy) is 4. The van der Waals surface area contributed by atoms with Gasteiger partial charge in [0.05, 0.1) is 26.9 Å². The summed E-state index contributed by atoms with van der Waals surface area (Å²) < 4.78 is 22.3. The Hall–Kier alpha value is -3.42. The number of rotatable bonds is 9. The molecule has 0 saturated carbocycles. The van der Waals surface area contributed by atoms with Gasteiger partial charge in [-0.3, -0.25) is 9.59 Å². The molecule has 1 aliphatic heterocycles. The van der Waals surface area contributed by atoms with Gasteiger partial charge in [0.1, 0.15) is 5.75 Å². The summed E-state index contributed by atoms with van der Waals surface area (Å²) in [5.41, 5.74) is 1.07. The highest BCUT2D eigenvalue weighted by molar-refractivity contribution is 5.97. The summed E-state index contributed by atoms with van der Waals surface area (Å²) in [7, 11) is 1.59. The second-order valence-corrected chi connectivity index (χ2v) is 7.41. The summed E-state index contributed by atoms with van der Waals surface area (Å²) in [5, 5.41) is 0. The summed E-state index contributed by atoms with van der Waals surface area (Å²) in [5.74, 6) is 2.01. The van der Waals surface area contributed by atoms with Gasteiger partial charge < -0.3 is 28.7 Å². The van der Waals surface area contributed by atoms with Crippen molar-refractivity contribution in [3.05, 3.63) is 47.5 Å². The molecular formula is C25H32N2O6. The van der Waals surface area contributed by atoms with Crippen LogP contribution in [0.5, 0.6) is 23.0 Å². The first-order valence-electron chi connectivity index (χ1n) is 11.3. The molecule has 1 aliphatic rings. The molecule has 1 fully saturated rings. The molecule has 33 heavy (non-hydrogen) atoms. The number of carbonyl (C=O) groups excluding carboxylic acids is 2. The lowest BCUT2D eigenvalue weighted by molar-refractivity contribution is 0.0535. The van der Waals surface area contributed by atoms with Crippen molar-refractivity contribution in [1.29, 1.82) is 0 Å². The minimum absolute atomic E-state index is 0.0527. The molecule has 0 unspecified atom stereocenters. The number of hydrogen-bond acceptors (Lipinski definition) is 6. The van der Waals surface area contributed by atoms with Gasteiger partial charge in [0, 0.05) is 37.3 Å². The number of piperazine rings is 1. The van der Waals surface area contributed by atoms with Gasteiger partial charge in [-0.25, -0.2) is 0 Å². The lowest BCUT2D eigenvalue weighted by Gasteiger charge is -2.35. The lowest BCUT2D eigenvalue weighted by atomic mass is 10.1. The molecule has 1 saturated heterocycles. The van der Waals surface area contributed by atoms with Gasteiger partial charge in [-0.05, 0) is 57.2 Å². The average Bonchev–Trinajstić information content (AvgIpc) is 2.85. The molecule has 1 heterocycles. The van der Waals surface area contributed by atoms with Crippen molar-refractivity contribution in [3.8, 4) is 23.0 Å². The molecule has 0 N–H and O–H groups in total. The van der Waals surface area contributed by atoms with Crippen LogP contribution in [0, 0.1) is 0 Å². The van der Waals surface area contributed by atoms with Gasteiger partial charge in [0.2, 0.25) is 5.75 Å². The van der Waals surface area contributed by atoms with E-state index in [0.717, 1.165) is 0 Å². The Balaban J connectivity index is 1.72. The zero-order valence-corrected chi connectivity index (χ0v) is 19.8. The van der Waals surface area contributed by atoms with E-state index in [1.165, 1.54) is 0 Å². The largest absolute Gasteiger partial charge is 0.497 e. The van der Waals surface area contributed by atoms with E-state index in [2.05, 4.69) is 0 Å². The third-order valence-corrected chi connectivity index (χ3v) is 5.35. The minimum Gasteiger partial charge on any atom is -0.497 e. The van der Waals surface area contributed by atoms with Gasteiger partial charge >= 0.3 is 0 Å². The van der Waals surface area contributed by atoms with Gasteiger partial charge in [0.15, 0.2) is 11.5 Å². The van der Waals surface area contributed by atoms with Crippen molar-refractivity contribution in [2.45, 2.75) is 20.8 Å². The summed E-state index contributed by atoms with van der Waals surface area (Å²) in [6.07, 6.45) is 0. The molecule has 8 heteroatoms. The molecular weight excluding hydrogens is 424 g/mol. The highest BCUT2D eigenvalue weighted by Gasteiger charge is 2.27. The van der Waals surface area contributed by atoms with Crippen LogP contribution < -0.4 is 18.9 Å². The van der Waals surface area contributed by atoms with E-state index in [0.29, 0.717) is 80.1 Å². The van der Waals surface area contributed by atoms with Crippen LogP contribution in [0.3, 0.4) is 0 Å². The number of hydrogen-bond donors (Lipinski definition) is 0. The monoisotopic (exact) mass is 456 g/mol. The molecule has 0 radical (unpaired) electrons. The number of nitrogens with zero attached hydrogens (tertiary/aromatic N) is 2. The first kappa shape index (κ1) is 24.2. The third kappa shape index (κ3) is 5.69. The molecule has 178 valence electrons. The van der Waals surface area contributed by atoms with Crippen LogP contribution in [0.1, 0.15) is 41.5 Å². The Morgan fingerprint density at radius 2 is 1.18 bits per heavy atom. The van der Waals surface area contributed by atoms with E-state index in [-0.39, 0.29) is 11.8 Å². The number of carbonyl (C=O) groups is 2. The molecule has 0 atom stereocenters. The van der Waals surface area contributed by atoms with Crippen LogP contribution in [-0.4, -0.2) is 74.7 Å². The maximum Gasteiger partial charge on any atom is 0.254 e. The SMILES string of the molecule is CCOc1cc(C(=O)N2CCN(C(=O)c3ccc(OC)cc3)CC2)cc(OCC)c1OCC. The zero-order chi connectivity index (χ0) is 23.8. The predicted octanol–water partition coefficient (Wildman–Crippen LogP) is 3.49. The quantitative estimate of drug-likeness (QED) is 0.575. The Morgan fingerprint density at radius 3 is 1.61 bits per heavy atom. The minimum atomic E-state index is -0.128. The van der Waals surface area contributed by atoms with Crippen LogP contribution in [0.25, 0.3) is 0 Å². The maximum absolute atomic E-state index is 13.3. The maximum atomic E-state index is 13.3. The van der Waals surface area contributed by atoms with E-state index in [1.807, 2.05) is 20.8 Å². The second-order valence-electron chi connectivity index (χ2n) is 7.41. The molecule has 3 rings (SSSR count). The van der Waals surface area contributed by atoms with Crippen LogP contribution >= 0.6 is 0 Å². The van der Waals surface area contributed by atoms with Crippen molar-refractivity contribution in [1.82, 2.24) is 9.80 Å². The number of benzene rings is 2. The topological polar surface area (TPSA) is 77.5 Å². The van der Waals surface area contributed by atoms with E-state index in [9.17, 15) is 9.59 Å². The van der Waals surface area contributed by atoms with Gasteiger partial charge in [-0.1, -0.05) is 0 Å². The molecule has 2 amide bonds. The first-order chi connectivity index (χ1) is 16.0. The lowest BCUT2D eigenvalue weighted by Crippen LogP contribution is -2.50. The fourth-order valence-corrected chi connectivity index (χ4v) is 3.72. The van der Waals surface area contributed by atoms with Crippen LogP contribution in [-0.2, 0) is 0 Å². The predicted molar refractivity (Wildman–Crippen MR) is 125 cm³/mol. The molecule has 2 aromatic rings. The van der Waals surface area contributed by atoms with Gasteiger partial charge in [-0.15, -0.1) is 0 Å². The van der Waals surface area contributed by atoms with Crippen LogP contribution in [0.15, 0.2) is 36.4 Å². The summed E-state index contributed by atoms with van der Waals surface area (Å²) in [6.45, 7) is 8.80. The number of methoxy groups -OCH3 is 1. The average molecular weight is 457 g/mol. The van der Waals surface area contributed by atoms with E-state index >= 15 is 0 Å². The van der Waals surface area contributed by atoms with E-state index in [1.54, 1.807) is 53.3 Å². The van der Waals surface area contributed by atoms with Crippen molar-refractivity contribution >= 4 is 11.8 Å². The fraction of sp³-hybridized carbons (Fsp3) is 0.440. The van der Waals surface area contributed by atoms with Crippen LogP contribution in [0.4, 0.5) is 0 Å². The van der Waals surface area contributed by atoms with Crippen molar-refractivity contribution < 1.29 is 28.5 Å². The summed E-state index contributed by atoms with van der Waals surface area (Å²) >= 11 is 0. The Kier molecular flexibility index (Phi) is 8.40. The van der Waals surface area contributed by atoms with Crippen molar-refractivity contribution in [2.24, 2.45) is 0 Å². The first-order valence-corrected chi connectivity index (χ1v) is 11.3. The fourth-order valence-electron chi connectivity index (χ4n) is 3.72. The van der Waals surface area contributed by atoms with Crippen LogP contribution in [0.2, 0.25) is 0 Å². The Labute approximate surface area is 195 Å². The van der Waals surface area contributed by atoms with Crippen molar-refractivity contribution in [3.63, 3.8) is 0 Å². The normalized spacial score (nSPS) is 13.5. The summed E-state index contributed by atoms with van der Waals surface area (Å²) in [6, 6.07) is 10.4. The zero-order valence-electron chi connectivity index (χ0n) is 19.8. The standard InChI is InChI=1S/C25H32N2O6/c1-5-31-21-16-19(17-22(32-6-2)23(21)33-7-3)25(29)27-14-12-26(13-15-27)24(28)18-8-10-20(30-4)11-9-18/h8-11,16-17H,5-7,12-15H2,1-4H3. The Morgan fingerprint density at radius 1 is 0.727 bits per heavy atom. The highest BCUT2D eigenvalue weighted by Crippen LogP contribution is 2.39. The third-order valence-electron chi connectivity index (χ3n) is 5.35. The molecule has 0 spiro atoms. The molecule has 0 bridgehead atoms. The molecule has 2 aromatic carbocycles. The van der Waals surface area contributed by atoms with Gasteiger partial charge in [0.25, 0.3) is 11.8 Å². The van der Waals surface area contributed by atoms with E-state index < -0.39 is 0 Å². The van der Waals surface area contributed by atoms with E-state index in [4.69, 9.17) is 18.9 Å². The highest BCUT2D eigenvalue weighted by atomic mass is 16.5. The Bertz CT molecular complexity index is 925. The molecule has 0 aromatic heterocycles. The van der Waals surface area contributed by atoms with Crippen molar-refractivity contribution in [2.75, 3.05) is 53.1 Å². The number of amides is 2. The molecule has 8 nitrogen and oxygen atoms in total. The smallest absolute Gasteiger partial charge is 0.254 e. The van der Waals surface area contributed by atoms with Gasteiger partial charge in [-0.2, -0.15) is 0 Å². The second kappa shape index (κ2) is 11.4. The molecule has 0 aliphatic carbocycles. The summed E-state index contributed by atoms with van der Waals surface area (Å²) in [4.78, 5) is 29.6.